The number of hydrogen-bond donors (Lipinski definition) is 0. The Morgan fingerprint density at radius 2 is 1.67 bits per heavy atom. The number of rotatable bonds is 4. The van der Waals surface area contributed by atoms with Crippen LogP contribution in [0.15, 0.2) is 53.4 Å². The molecular formula is C15H12F2O3S. The van der Waals surface area contributed by atoms with Crippen LogP contribution in [-0.2, 0) is 9.84 Å². The van der Waals surface area contributed by atoms with E-state index in [0.29, 0.717) is 6.07 Å². The predicted molar refractivity (Wildman–Crippen MR) is 73.8 cm³/mol. The molecule has 6 heteroatoms. The zero-order valence-corrected chi connectivity index (χ0v) is 11.9. The Labute approximate surface area is 121 Å². The minimum atomic E-state index is -3.92. The van der Waals surface area contributed by atoms with E-state index in [0.717, 1.165) is 12.1 Å². The van der Waals surface area contributed by atoms with Gasteiger partial charge in [0.2, 0.25) is 0 Å². The highest BCUT2D eigenvalue weighted by atomic mass is 32.2. The number of Topliss-reactive ketones (excluding diaryl/α,β-unsaturated/α-hetero) is 1. The Bertz CT molecular complexity index is 771. The van der Waals surface area contributed by atoms with Gasteiger partial charge in [0, 0.05) is 6.07 Å². The van der Waals surface area contributed by atoms with E-state index in [1.807, 2.05) is 0 Å². The molecule has 2 aromatic rings. The summed E-state index contributed by atoms with van der Waals surface area (Å²) in [4.78, 5) is 12.1. The molecule has 0 spiro atoms. The molecule has 2 aromatic carbocycles. The van der Waals surface area contributed by atoms with Crippen molar-refractivity contribution in [2.24, 2.45) is 0 Å². The smallest absolute Gasteiger partial charge is 0.188 e. The van der Waals surface area contributed by atoms with Gasteiger partial charge in [0.25, 0.3) is 0 Å². The van der Waals surface area contributed by atoms with Gasteiger partial charge in [0.15, 0.2) is 15.6 Å². The summed E-state index contributed by atoms with van der Waals surface area (Å²) in [6, 6.07) is 9.84. The Kier molecular flexibility index (Phi) is 4.18. The van der Waals surface area contributed by atoms with Crippen molar-refractivity contribution >= 4 is 15.6 Å². The third-order valence-corrected chi connectivity index (χ3v) is 5.18. The van der Waals surface area contributed by atoms with E-state index < -0.39 is 38.1 Å². The van der Waals surface area contributed by atoms with Gasteiger partial charge in [-0.2, -0.15) is 0 Å². The highest BCUT2D eigenvalue weighted by Crippen LogP contribution is 2.20. The van der Waals surface area contributed by atoms with Crippen LogP contribution in [0.5, 0.6) is 0 Å². The molecule has 110 valence electrons. The van der Waals surface area contributed by atoms with Gasteiger partial charge in [-0.15, -0.1) is 0 Å². The number of sulfone groups is 1. The molecule has 1 atom stereocenters. The van der Waals surface area contributed by atoms with Crippen LogP contribution in [0.4, 0.5) is 8.78 Å². The van der Waals surface area contributed by atoms with Crippen molar-refractivity contribution in [2.45, 2.75) is 17.1 Å². The zero-order valence-electron chi connectivity index (χ0n) is 11.1. The average molecular weight is 310 g/mol. The van der Waals surface area contributed by atoms with Gasteiger partial charge in [-0.25, -0.2) is 17.2 Å². The first-order valence-corrected chi connectivity index (χ1v) is 7.67. The van der Waals surface area contributed by atoms with Crippen molar-refractivity contribution in [1.82, 2.24) is 0 Å². The molecule has 2 rings (SSSR count). The fraction of sp³-hybridized carbons (Fsp3) is 0.133. The fourth-order valence-electron chi connectivity index (χ4n) is 1.86. The second-order valence-corrected chi connectivity index (χ2v) is 6.76. The van der Waals surface area contributed by atoms with Crippen molar-refractivity contribution in [3.63, 3.8) is 0 Å². The van der Waals surface area contributed by atoms with Crippen molar-refractivity contribution in [1.29, 1.82) is 0 Å². The standard InChI is InChI=1S/C15H12F2O3S/c1-10(21(19,20)12-5-3-2-4-6-12)15(18)13-8-7-11(16)9-14(13)17/h2-10H,1H3. The maximum atomic E-state index is 13.6. The molecule has 0 fully saturated rings. The average Bonchev–Trinajstić information content (AvgIpc) is 2.46. The summed E-state index contributed by atoms with van der Waals surface area (Å²) in [5.74, 6) is -2.81. The van der Waals surface area contributed by atoms with E-state index in [4.69, 9.17) is 0 Å². The lowest BCUT2D eigenvalue weighted by Crippen LogP contribution is -2.28. The van der Waals surface area contributed by atoms with Crippen LogP contribution in [0, 0.1) is 11.6 Å². The predicted octanol–water partition coefficient (Wildman–Crippen LogP) is 3.01. The highest BCUT2D eigenvalue weighted by molar-refractivity contribution is 7.92. The van der Waals surface area contributed by atoms with Crippen LogP contribution >= 0.6 is 0 Å². The molecule has 0 heterocycles. The largest absolute Gasteiger partial charge is 0.293 e. The first-order chi connectivity index (χ1) is 9.84. The number of ketones is 1. The Morgan fingerprint density at radius 1 is 1.05 bits per heavy atom. The van der Waals surface area contributed by atoms with Crippen LogP contribution in [0.25, 0.3) is 0 Å². The summed E-state index contributed by atoms with van der Waals surface area (Å²) < 4.78 is 51.1. The summed E-state index contributed by atoms with van der Waals surface area (Å²) >= 11 is 0. The molecule has 0 saturated carbocycles. The van der Waals surface area contributed by atoms with Crippen LogP contribution in [0.3, 0.4) is 0 Å². The molecule has 21 heavy (non-hydrogen) atoms. The van der Waals surface area contributed by atoms with Crippen LogP contribution in [-0.4, -0.2) is 19.5 Å². The molecule has 0 aromatic heterocycles. The number of carbonyl (C=O) groups excluding carboxylic acids is 1. The molecule has 0 aliphatic rings. The summed E-state index contributed by atoms with van der Waals surface area (Å²) in [7, 11) is -3.92. The molecule has 0 N–H and O–H groups in total. The van der Waals surface area contributed by atoms with Gasteiger partial charge < -0.3 is 0 Å². The fourth-order valence-corrected chi connectivity index (χ4v) is 3.22. The molecule has 0 saturated heterocycles. The summed E-state index contributed by atoms with van der Waals surface area (Å²) in [5.41, 5.74) is -0.441. The first-order valence-electron chi connectivity index (χ1n) is 6.12. The number of carbonyl (C=O) groups is 1. The molecule has 1 unspecified atom stereocenters. The first kappa shape index (κ1) is 15.3. The summed E-state index contributed by atoms with van der Waals surface area (Å²) in [6.45, 7) is 1.19. The SMILES string of the molecule is CC(C(=O)c1ccc(F)cc1F)S(=O)(=O)c1ccccc1. The molecule has 0 radical (unpaired) electrons. The van der Waals surface area contributed by atoms with Crippen molar-refractivity contribution in [3.8, 4) is 0 Å². The zero-order chi connectivity index (χ0) is 15.6. The maximum Gasteiger partial charge on any atom is 0.188 e. The van der Waals surface area contributed by atoms with Gasteiger partial charge in [-0.3, -0.25) is 4.79 Å². The lowest BCUT2D eigenvalue weighted by atomic mass is 10.1. The third kappa shape index (κ3) is 3.00. The normalized spacial score (nSPS) is 12.9. The lowest BCUT2D eigenvalue weighted by Gasteiger charge is -2.12. The number of hydrogen-bond acceptors (Lipinski definition) is 3. The summed E-state index contributed by atoms with van der Waals surface area (Å²) in [5, 5.41) is -1.46. The van der Waals surface area contributed by atoms with Crippen molar-refractivity contribution < 1.29 is 22.0 Å². The Hall–Kier alpha value is -2.08. The lowest BCUT2D eigenvalue weighted by molar-refractivity contribution is 0.0987. The highest BCUT2D eigenvalue weighted by Gasteiger charge is 2.31. The van der Waals surface area contributed by atoms with E-state index >= 15 is 0 Å². The van der Waals surface area contributed by atoms with Gasteiger partial charge in [0.1, 0.15) is 16.9 Å². The third-order valence-electron chi connectivity index (χ3n) is 3.10. The van der Waals surface area contributed by atoms with Gasteiger partial charge in [-0.1, -0.05) is 18.2 Å². The van der Waals surface area contributed by atoms with Crippen molar-refractivity contribution in [2.75, 3.05) is 0 Å². The van der Waals surface area contributed by atoms with E-state index in [9.17, 15) is 22.0 Å². The quantitative estimate of drug-likeness (QED) is 0.816. The molecule has 0 amide bonds. The van der Waals surface area contributed by atoms with E-state index in [2.05, 4.69) is 0 Å². The van der Waals surface area contributed by atoms with Gasteiger partial charge in [0.05, 0.1) is 10.5 Å². The molecule has 0 aliphatic heterocycles. The number of halogens is 2. The molecular weight excluding hydrogens is 298 g/mol. The van der Waals surface area contributed by atoms with Crippen LogP contribution in [0.2, 0.25) is 0 Å². The second kappa shape index (κ2) is 5.73. The monoisotopic (exact) mass is 310 g/mol. The Morgan fingerprint density at radius 3 is 2.24 bits per heavy atom. The topological polar surface area (TPSA) is 51.2 Å². The van der Waals surface area contributed by atoms with Gasteiger partial charge >= 0.3 is 0 Å². The number of benzene rings is 2. The van der Waals surface area contributed by atoms with E-state index in [-0.39, 0.29) is 4.90 Å². The van der Waals surface area contributed by atoms with Gasteiger partial charge in [-0.05, 0) is 31.2 Å². The van der Waals surface area contributed by atoms with Crippen LogP contribution < -0.4 is 0 Å². The minimum Gasteiger partial charge on any atom is -0.293 e. The van der Waals surface area contributed by atoms with E-state index in [1.165, 1.54) is 31.2 Å². The minimum absolute atomic E-state index is 0.0200. The molecule has 3 nitrogen and oxygen atoms in total. The summed E-state index contributed by atoms with van der Waals surface area (Å²) in [6.07, 6.45) is 0. The Balaban J connectivity index is 2.40. The molecule has 0 aliphatic carbocycles. The molecule has 0 bridgehead atoms. The second-order valence-electron chi connectivity index (χ2n) is 4.49. The van der Waals surface area contributed by atoms with E-state index in [1.54, 1.807) is 6.07 Å². The maximum absolute atomic E-state index is 13.6. The van der Waals surface area contributed by atoms with Crippen LogP contribution in [0.1, 0.15) is 17.3 Å². The van der Waals surface area contributed by atoms with Crippen molar-refractivity contribution in [3.05, 3.63) is 65.7 Å².